The second-order valence-electron chi connectivity index (χ2n) is 8.93. The molecule has 1 unspecified atom stereocenters. The number of benzene rings is 1. The van der Waals surface area contributed by atoms with E-state index in [1.165, 1.54) is 19.3 Å². The largest absolute Gasteiger partial charge is 0.493 e. The number of nitrogens with one attached hydrogen (secondary N) is 2. The van der Waals surface area contributed by atoms with Crippen LogP contribution >= 0.6 is 7.82 Å². The molecule has 0 aliphatic rings. The number of carboxylic acid groups (broad SMARTS) is 1. The van der Waals surface area contributed by atoms with E-state index in [9.17, 15) is 23.8 Å². The maximum Gasteiger partial charge on any atom is 0.472 e. The van der Waals surface area contributed by atoms with Crippen molar-refractivity contribution in [3.8, 4) is 5.75 Å². The Kier molecular flexibility index (Phi) is 15.8. The van der Waals surface area contributed by atoms with E-state index in [4.69, 9.17) is 14.4 Å². The minimum atomic E-state index is -4.55. The maximum absolute atomic E-state index is 12.3. The number of carbonyl (C=O) groups excluding carboxylic acids is 2. The number of phosphoric acid groups is 1. The third-order valence-corrected chi connectivity index (χ3v) is 6.30. The first-order chi connectivity index (χ1) is 17.5. The lowest BCUT2D eigenvalue weighted by atomic mass is 10.1. The van der Waals surface area contributed by atoms with Crippen molar-refractivity contribution >= 4 is 25.6 Å². The normalized spacial score (nSPS) is 14.3. The Labute approximate surface area is 218 Å². The molecular formula is C25H41N2O9P. The van der Waals surface area contributed by atoms with Gasteiger partial charge in [0, 0.05) is 19.9 Å². The number of aliphatic carboxylic acids is 1. The van der Waals surface area contributed by atoms with E-state index in [0.29, 0.717) is 13.0 Å². The fourth-order valence-corrected chi connectivity index (χ4v) is 4.12. The molecule has 0 heterocycles. The van der Waals surface area contributed by atoms with E-state index >= 15 is 0 Å². The molecule has 11 nitrogen and oxygen atoms in total. The number of rotatable bonds is 20. The van der Waals surface area contributed by atoms with Crippen molar-refractivity contribution in [3.05, 3.63) is 29.8 Å². The molecule has 0 bridgehead atoms. The summed E-state index contributed by atoms with van der Waals surface area (Å²) in [5, 5.41) is 13.9. The number of para-hydroxylation sites is 1. The predicted octanol–water partition coefficient (Wildman–Crippen LogP) is 3.44. The molecule has 0 aliphatic heterocycles. The van der Waals surface area contributed by atoms with Crippen LogP contribution in [0.3, 0.4) is 0 Å². The summed E-state index contributed by atoms with van der Waals surface area (Å²) in [7, 11) is -4.55. The van der Waals surface area contributed by atoms with E-state index < -0.39 is 32.3 Å². The van der Waals surface area contributed by atoms with Crippen LogP contribution in [0.4, 0.5) is 0 Å². The first kappa shape index (κ1) is 32.6. The Morgan fingerprint density at radius 3 is 2.41 bits per heavy atom. The Bertz CT molecular complexity index is 897. The van der Waals surface area contributed by atoms with Crippen LogP contribution in [0.5, 0.6) is 5.75 Å². The fraction of sp³-hybridized carbons (Fsp3) is 0.640. The van der Waals surface area contributed by atoms with Gasteiger partial charge in [-0.1, -0.05) is 57.7 Å². The molecule has 3 atom stereocenters. The van der Waals surface area contributed by atoms with Crippen molar-refractivity contribution in [1.82, 2.24) is 10.6 Å². The van der Waals surface area contributed by atoms with Crippen LogP contribution in [0.1, 0.15) is 64.9 Å². The maximum atomic E-state index is 12.3. The third kappa shape index (κ3) is 15.4. The fourth-order valence-electron chi connectivity index (χ4n) is 3.27. The number of carboxylic acids is 1. The number of ether oxygens (including phenoxy) is 1. The van der Waals surface area contributed by atoms with Gasteiger partial charge in [-0.25, -0.2) is 9.36 Å². The van der Waals surface area contributed by atoms with Crippen molar-refractivity contribution in [3.63, 3.8) is 0 Å². The molecule has 1 rings (SSSR count). The van der Waals surface area contributed by atoms with Crippen molar-refractivity contribution in [2.24, 2.45) is 5.92 Å². The highest BCUT2D eigenvalue weighted by Gasteiger charge is 2.27. The summed E-state index contributed by atoms with van der Waals surface area (Å²) in [4.78, 5) is 44.2. The number of unbranched alkanes of at least 4 members (excludes halogenated alkanes) is 4. The van der Waals surface area contributed by atoms with Gasteiger partial charge in [0.1, 0.15) is 5.75 Å². The number of carbonyl (C=O) groups is 3. The van der Waals surface area contributed by atoms with Crippen LogP contribution in [0, 0.1) is 5.92 Å². The average molecular weight is 545 g/mol. The van der Waals surface area contributed by atoms with Gasteiger partial charge in [0.05, 0.1) is 19.8 Å². The quantitative estimate of drug-likeness (QED) is 0.142. The first-order valence-electron chi connectivity index (χ1n) is 12.6. The summed E-state index contributed by atoms with van der Waals surface area (Å²) in [6.45, 7) is 4.91. The monoisotopic (exact) mass is 544 g/mol. The summed E-state index contributed by atoms with van der Waals surface area (Å²) in [6, 6.07) is 6.17. The minimum Gasteiger partial charge on any atom is -0.493 e. The molecule has 0 radical (unpaired) electrons. The van der Waals surface area contributed by atoms with Gasteiger partial charge in [-0.2, -0.15) is 0 Å². The molecule has 1 aromatic carbocycles. The Morgan fingerprint density at radius 1 is 1.05 bits per heavy atom. The van der Waals surface area contributed by atoms with E-state index in [1.807, 2.05) is 24.3 Å². The zero-order valence-corrected chi connectivity index (χ0v) is 22.8. The lowest BCUT2D eigenvalue weighted by molar-refractivity contribution is -0.142. The molecule has 12 heteroatoms. The number of hydrogen-bond acceptors (Lipinski definition) is 7. The molecule has 2 amide bonds. The van der Waals surface area contributed by atoms with Gasteiger partial charge in [-0.3, -0.25) is 18.6 Å². The number of aryl methyl sites for hydroxylation is 1. The highest BCUT2D eigenvalue weighted by molar-refractivity contribution is 7.47. The van der Waals surface area contributed by atoms with Gasteiger partial charge in [0.2, 0.25) is 11.8 Å². The molecule has 37 heavy (non-hydrogen) atoms. The van der Waals surface area contributed by atoms with Gasteiger partial charge in [0.25, 0.3) is 0 Å². The van der Waals surface area contributed by atoms with E-state index in [1.54, 1.807) is 6.92 Å². The molecule has 0 aliphatic carbocycles. The SMILES string of the molecule is CCCCCCCOc1ccccc1CCC(=O)NC[C@@H](C)COP(=O)(O)OC[C@H](NC(C)=O)C(=O)O. The lowest BCUT2D eigenvalue weighted by Gasteiger charge is -2.18. The van der Waals surface area contributed by atoms with Gasteiger partial charge >= 0.3 is 13.8 Å². The summed E-state index contributed by atoms with van der Waals surface area (Å²) < 4.78 is 27.5. The van der Waals surface area contributed by atoms with E-state index in [2.05, 4.69) is 22.1 Å². The standard InChI is InChI=1S/C25H41N2O9P/c1-4-5-6-7-10-15-34-23-12-9-8-11-21(23)13-14-24(29)26-16-19(2)17-35-37(32,33)36-18-22(25(30)31)27-20(3)28/h8-9,11-12,19,22H,4-7,10,13-18H2,1-3H3,(H,26,29)(H,27,28)(H,30,31)(H,32,33)/t19-,22+/m1/s1. The molecule has 0 fully saturated rings. The van der Waals surface area contributed by atoms with Crippen LogP contribution in [0.25, 0.3) is 0 Å². The zero-order valence-electron chi connectivity index (χ0n) is 21.9. The summed E-state index contributed by atoms with van der Waals surface area (Å²) in [5.74, 6) is -1.74. The lowest BCUT2D eigenvalue weighted by Crippen LogP contribution is -2.42. The van der Waals surface area contributed by atoms with Crippen LogP contribution < -0.4 is 15.4 Å². The third-order valence-electron chi connectivity index (χ3n) is 5.35. The molecule has 0 saturated carbocycles. The van der Waals surface area contributed by atoms with Crippen molar-refractivity contribution < 1.29 is 42.7 Å². The molecule has 0 saturated heterocycles. The molecule has 4 N–H and O–H groups in total. The molecule has 0 spiro atoms. The zero-order chi connectivity index (χ0) is 27.7. The van der Waals surface area contributed by atoms with Crippen molar-refractivity contribution in [2.75, 3.05) is 26.4 Å². The van der Waals surface area contributed by atoms with E-state index in [0.717, 1.165) is 31.1 Å². The van der Waals surface area contributed by atoms with Gasteiger partial charge < -0.3 is 25.4 Å². The predicted molar refractivity (Wildman–Crippen MR) is 138 cm³/mol. The molecule has 0 aromatic heterocycles. The molecule has 1 aromatic rings. The van der Waals surface area contributed by atoms with Gasteiger partial charge in [-0.05, 0) is 30.4 Å². The second kappa shape index (κ2) is 17.9. The first-order valence-corrected chi connectivity index (χ1v) is 14.1. The van der Waals surface area contributed by atoms with Crippen molar-refractivity contribution in [1.29, 1.82) is 0 Å². The topological polar surface area (TPSA) is 160 Å². The molecule has 210 valence electrons. The molecular weight excluding hydrogens is 503 g/mol. The average Bonchev–Trinajstić information content (AvgIpc) is 2.85. The minimum absolute atomic E-state index is 0.177. The van der Waals surface area contributed by atoms with Crippen LogP contribution in [-0.2, 0) is 34.4 Å². The van der Waals surface area contributed by atoms with E-state index in [-0.39, 0.29) is 31.4 Å². The smallest absolute Gasteiger partial charge is 0.472 e. The van der Waals surface area contributed by atoms with Crippen LogP contribution in [0.15, 0.2) is 24.3 Å². The van der Waals surface area contributed by atoms with Gasteiger partial charge in [0.15, 0.2) is 6.04 Å². The summed E-state index contributed by atoms with van der Waals surface area (Å²) in [6.07, 6.45) is 6.54. The number of hydrogen-bond donors (Lipinski definition) is 4. The van der Waals surface area contributed by atoms with Gasteiger partial charge in [-0.15, -0.1) is 0 Å². The summed E-state index contributed by atoms with van der Waals surface area (Å²) in [5.41, 5.74) is 0.958. The number of amides is 2. The Morgan fingerprint density at radius 2 is 1.73 bits per heavy atom. The highest BCUT2D eigenvalue weighted by Crippen LogP contribution is 2.43. The number of phosphoric ester groups is 1. The summed E-state index contributed by atoms with van der Waals surface area (Å²) >= 11 is 0. The van der Waals surface area contributed by atoms with Crippen LogP contribution in [0.2, 0.25) is 0 Å². The second-order valence-corrected chi connectivity index (χ2v) is 10.4. The Balaban J connectivity index is 2.35. The highest BCUT2D eigenvalue weighted by atomic mass is 31.2. The Hall–Kier alpha value is -2.46. The van der Waals surface area contributed by atoms with Crippen LogP contribution in [-0.4, -0.2) is 60.2 Å². The van der Waals surface area contributed by atoms with Crippen molar-refractivity contribution in [2.45, 2.75) is 71.8 Å².